The fraction of sp³-hybridized carbons (Fsp3) is 0.600. The minimum atomic E-state index is -0.165. The zero-order valence-corrected chi connectivity index (χ0v) is 12.3. The molecular formula is C15H20N2O2S. The molecule has 1 aliphatic rings. The summed E-state index contributed by atoms with van der Waals surface area (Å²) in [6, 6.07) is 0. The highest BCUT2D eigenvalue weighted by molar-refractivity contribution is 7.16. The maximum absolute atomic E-state index is 12.2. The summed E-state index contributed by atoms with van der Waals surface area (Å²) >= 11 is 1.35. The fourth-order valence-electron chi connectivity index (χ4n) is 2.44. The first-order valence-corrected chi connectivity index (χ1v) is 7.97. The number of carbonyl (C=O) groups excluding carboxylic acids is 1. The van der Waals surface area contributed by atoms with E-state index >= 15 is 0 Å². The highest BCUT2D eigenvalue weighted by Crippen LogP contribution is 2.24. The first kappa shape index (κ1) is 15.0. The van der Waals surface area contributed by atoms with E-state index in [1.165, 1.54) is 30.6 Å². The highest BCUT2D eigenvalue weighted by atomic mass is 32.1. The van der Waals surface area contributed by atoms with Crippen molar-refractivity contribution in [3.63, 3.8) is 0 Å². The number of nitrogens with one attached hydrogen (secondary N) is 1. The molecule has 0 saturated heterocycles. The lowest BCUT2D eigenvalue weighted by Crippen LogP contribution is -2.23. The molecule has 1 amide bonds. The van der Waals surface area contributed by atoms with Gasteiger partial charge in [-0.1, -0.05) is 55.3 Å². The summed E-state index contributed by atoms with van der Waals surface area (Å²) in [7, 11) is 0. The summed E-state index contributed by atoms with van der Waals surface area (Å²) < 4.78 is 0. The normalized spacial score (nSPS) is 16.6. The molecule has 0 aliphatic heterocycles. The Kier molecular flexibility index (Phi) is 6.03. The van der Waals surface area contributed by atoms with E-state index in [1.54, 1.807) is 6.20 Å². The Bertz CT molecular complexity index is 493. The summed E-state index contributed by atoms with van der Waals surface area (Å²) in [5.74, 6) is 5.57. The molecule has 1 heterocycles. The number of rotatable bonds is 2. The lowest BCUT2D eigenvalue weighted by Gasteiger charge is -2.18. The van der Waals surface area contributed by atoms with Crippen LogP contribution in [0.25, 0.3) is 0 Å². The van der Waals surface area contributed by atoms with Gasteiger partial charge in [0.15, 0.2) is 5.13 Å². The number of hydrogen-bond donors (Lipinski definition) is 2. The van der Waals surface area contributed by atoms with E-state index in [4.69, 9.17) is 5.11 Å². The Balaban J connectivity index is 1.90. The van der Waals surface area contributed by atoms with Crippen molar-refractivity contribution >= 4 is 22.4 Å². The average Bonchev–Trinajstić information content (AvgIpc) is 2.83. The molecule has 0 radical (unpaired) electrons. The van der Waals surface area contributed by atoms with Crippen molar-refractivity contribution in [3.8, 4) is 11.8 Å². The van der Waals surface area contributed by atoms with Gasteiger partial charge in [-0.15, -0.1) is 0 Å². The third kappa shape index (κ3) is 4.62. The van der Waals surface area contributed by atoms with Crippen LogP contribution in [-0.4, -0.2) is 22.6 Å². The third-order valence-corrected chi connectivity index (χ3v) is 4.33. The highest BCUT2D eigenvalue weighted by Gasteiger charge is 2.20. The molecule has 2 rings (SSSR count). The fourth-order valence-corrected chi connectivity index (χ4v) is 3.14. The van der Waals surface area contributed by atoms with E-state index in [2.05, 4.69) is 22.1 Å². The summed E-state index contributed by atoms with van der Waals surface area (Å²) in [5, 5.41) is 12.1. The molecule has 1 fully saturated rings. The maximum Gasteiger partial charge on any atom is 0.229 e. The molecule has 0 atom stereocenters. The number of aliphatic hydroxyl groups excluding tert-OH is 1. The molecule has 20 heavy (non-hydrogen) atoms. The van der Waals surface area contributed by atoms with Gasteiger partial charge < -0.3 is 10.4 Å². The van der Waals surface area contributed by atoms with Crippen LogP contribution in [0.3, 0.4) is 0 Å². The monoisotopic (exact) mass is 292 g/mol. The predicted octanol–water partition coefficient (Wildman–Crippen LogP) is 2.79. The third-order valence-electron chi connectivity index (χ3n) is 3.50. The van der Waals surface area contributed by atoms with Gasteiger partial charge in [-0.05, 0) is 12.8 Å². The molecule has 108 valence electrons. The van der Waals surface area contributed by atoms with E-state index in [0.29, 0.717) is 5.13 Å². The van der Waals surface area contributed by atoms with Crippen molar-refractivity contribution in [1.82, 2.24) is 4.98 Å². The topological polar surface area (TPSA) is 62.2 Å². The van der Waals surface area contributed by atoms with Crippen LogP contribution in [0.5, 0.6) is 0 Å². The van der Waals surface area contributed by atoms with Crippen molar-refractivity contribution in [3.05, 3.63) is 11.1 Å². The molecule has 1 aliphatic carbocycles. The first-order valence-electron chi connectivity index (χ1n) is 7.16. The first-order chi connectivity index (χ1) is 9.79. The van der Waals surface area contributed by atoms with Crippen LogP contribution in [0.4, 0.5) is 5.13 Å². The van der Waals surface area contributed by atoms with Gasteiger partial charge in [0.05, 0.1) is 11.1 Å². The quantitative estimate of drug-likeness (QED) is 0.824. The molecule has 1 saturated carbocycles. The van der Waals surface area contributed by atoms with Crippen LogP contribution < -0.4 is 5.32 Å². The summed E-state index contributed by atoms with van der Waals surface area (Å²) in [5.41, 5.74) is 0. The maximum atomic E-state index is 12.2. The minimum absolute atomic E-state index is 0.0860. The smallest absolute Gasteiger partial charge is 0.229 e. The predicted molar refractivity (Wildman–Crippen MR) is 80.5 cm³/mol. The van der Waals surface area contributed by atoms with Gasteiger partial charge in [-0.25, -0.2) is 4.98 Å². The van der Waals surface area contributed by atoms with Crippen LogP contribution in [0.15, 0.2) is 6.20 Å². The summed E-state index contributed by atoms with van der Waals surface area (Å²) in [4.78, 5) is 17.1. The van der Waals surface area contributed by atoms with Crippen molar-refractivity contribution < 1.29 is 9.90 Å². The van der Waals surface area contributed by atoms with Crippen LogP contribution >= 0.6 is 11.3 Å². The molecule has 2 N–H and O–H groups in total. The van der Waals surface area contributed by atoms with E-state index < -0.39 is 0 Å². The molecule has 0 bridgehead atoms. The second kappa shape index (κ2) is 8.03. The van der Waals surface area contributed by atoms with Gasteiger partial charge in [0.25, 0.3) is 0 Å². The van der Waals surface area contributed by atoms with Crippen LogP contribution in [0.1, 0.15) is 49.8 Å². The number of amides is 1. The Morgan fingerprint density at radius 3 is 2.75 bits per heavy atom. The minimum Gasteiger partial charge on any atom is -0.384 e. The standard InChI is InChI=1S/C15H20N2O2S/c18-10-6-9-13-11-16-15(20-13)17-14(19)12-7-4-2-1-3-5-8-12/h11-12,18H,1-5,7-8,10H2,(H,16,17,19). The molecule has 1 aromatic rings. The van der Waals surface area contributed by atoms with Crippen molar-refractivity contribution in [1.29, 1.82) is 0 Å². The van der Waals surface area contributed by atoms with Crippen molar-refractivity contribution in [2.45, 2.75) is 44.9 Å². The number of hydrogen-bond acceptors (Lipinski definition) is 4. The van der Waals surface area contributed by atoms with Gasteiger partial charge >= 0.3 is 0 Å². The van der Waals surface area contributed by atoms with Gasteiger partial charge in [0, 0.05) is 5.92 Å². The van der Waals surface area contributed by atoms with Gasteiger partial charge in [0.1, 0.15) is 6.61 Å². The second-order valence-electron chi connectivity index (χ2n) is 5.02. The number of carbonyl (C=O) groups is 1. The molecule has 0 unspecified atom stereocenters. The molecule has 5 heteroatoms. The number of nitrogens with zero attached hydrogens (tertiary/aromatic N) is 1. The second-order valence-corrected chi connectivity index (χ2v) is 6.05. The van der Waals surface area contributed by atoms with E-state index in [-0.39, 0.29) is 18.4 Å². The molecule has 0 spiro atoms. The Labute approximate surface area is 123 Å². The zero-order chi connectivity index (χ0) is 14.2. The Hall–Kier alpha value is -1.38. The largest absolute Gasteiger partial charge is 0.384 e. The van der Waals surface area contributed by atoms with Crippen LogP contribution in [-0.2, 0) is 4.79 Å². The Morgan fingerprint density at radius 1 is 1.35 bits per heavy atom. The molecule has 4 nitrogen and oxygen atoms in total. The van der Waals surface area contributed by atoms with Gasteiger partial charge in [0.2, 0.25) is 5.91 Å². The van der Waals surface area contributed by atoms with Crippen molar-refractivity contribution in [2.75, 3.05) is 11.9 Å². The molecule has 1 aromatic heterocycles. The lowest BCUT2D eigenvalue weighted by atomic mass is 9.90. The van der Waals surface area contributed by atoms with E-state index in [1.807, 2.05) is 0 Å². The molecule has 0 aromatic carbocycles. The Morgan fingerprint density at radius 2 is 2.05 bits per heavy atom. The van der Waals surface area contributed by atoms with Gasteiger partial charge in [-0.2, -0.15) is 0 Å². The SMILES string of the molecule is O=C(Nc1ncc(C#CCO)s1)C1CCCCCCC1. The van der Waals surface area contributed by atoms with Crippen molar-refractivity contribution in [2.24, 2.45) is 5.92 Å². The van der Waals surface area contributed by atoms with Crippen LogP contribution in [0, 0.1) is 17.8 Å². The van der Waals surface area contributed by atoms with E-state index in [0.717, 1.165) is 30.6 Å². The van der Waals surface area contributed by atoms with Gasteiger partial charge in [-0.3, -0.25) is 4.79 Å². The number of aliphatic hydroxyl groups is 1. The number of thiazole rings is 1. The summed E-state index contributed by atoms with van der Waals surface area (Å²) in [6.45, 7) is -0.165. The van der Waals surface area contributed by atoms with Crippen LogP contribution in [0.2, 0.25) is 0 Å². The summed E-state index contributed by atoms with van der Waals surface area (Å²) in [6.07, 6.45) is 9.65. The molecular weight excluding hydrogens is 272 g/mol. The zero-order valence-electron chi connectivity index (χ0n) is 11.5. The lowest BCUT2D eigenvalue weighted by molar-refractivity contribution is -0.120. The number of aromatic nitrogens is 1. The number of anilines is 1. The average molecular weight is 292 g/mol. The van der Waals surface area contributed by atoms with E-state index in [9.17, 15) is 4.79 Å².